The van der Waals surface area contributed by atoms with E-state index in [0.29, 0.717) is 11.3 Å². The van der Waals surface area contributed by atoms with Crippen LogP contribution in [0.25, 0.3) is 0 Å². The van der Waals surface area contributed by atoms with Crippen molar-refractivity contribution in [3.8, 4) is 0 Å². The van der Waals surface area contributed by atoms with Gasteiger partial charge in [-0.1, -0.05) is 42.5 Å². The van der Waals surface area contributed by atoms with Crippen LogP contribution in [0.5, 0.6) is 0 Å². The van der Waals surface area contributed by atoms with Crippen LogP contribution in [0.1, 0.15) is 11.1 Å². The van der Waals surface area contributed by atoms with Gasteiger partial charge in [-0.3, -0.25) is 9.10 Å². The first-order chi connectivity index (χ1) is 10.4. The number of carboxylic acid groups (broad SMARTS) is 1. The second-order valence-electron chi connectivity index (χ2n) is 4.99. The van der Waals surface area contributed by atoms with Crippen LogP contribution in [0.2, 0.25) is 0 Å². The Labute approximate surface area is 129 Å². The fourth-order valence-corrected chi connectivity index (χ4v) is 2.99. The normalized spacial score (nSPS) is 11.1. The maximum absolute atomic E-state index is 12.0. The van der Waals surface area contributed by atoms with E-state index in [9.17, 15) is 13.2 Å². The van der Waals surface area contributed by atoms with Gasteiger partial charge in [-0.2, -0.15) is 0 Å². The van der Waals surface area contributed by atoms with Gasteiger partial charge >= 0.3 is 5.97 Å². The number of aliphatic carboxylic acids is 1. The molecule has 0 aliphatic heterocycles. The summed E-state index contributed by atoms with van der Waals surface area (Å²) in [5.41, 5.74) is 2.02. The molecule has 0 amide bonds. The van der Waals surface area contributed by atoms with Crippen molar-refractivity contribution in [3.63, 3.8) is 0 Å². The molecular weight excluding hydrogens is 302 g/mol. The van der Waals surface area contributed by atoms with Crippen LogP contribution < -0.4 is 4.31 Å². The number of benzene rings is 2. The first-order valence-corrected chi connectivity index (χ1v) is 8.53. The highest BCUT2D eigenvalue weighted by Gasteiger charge is 2.17. The molecule has 0 atom stereocenters. The van der Waals surface area contributed by atoms with Gasteiger partial charge in [0.25, 0.3) is 0 Å². The third kappa shape index (κ3) is 4.33. The lowest BCUT2D eigenvalue weighted by Gasteiger charge is -2.22. The minimum absolute atomic E-state index is 0.0855. The van der Waals surface area contributed by atoms with Crippen LogP contribution in [-0.2, 0) is 27.8 Å². The van der Waals surface area contributed by atoms with Crippen molar-refractivity contribution in [2.75, 3.05) is 10.6 Å². The first kappa shape index (κ1) is 16.0. The smallest absolute Gasteiger partial charge is 0.307 e. The molecule has 2 aromatic carbocycles. The van der Waals surface area contributed by atoms with Gasteiger partial charge in [0, 0.05) is 0 Å². The number of hydrogen-bond donors (Lipinski definition) is 1. The highest BCUT2D eigenvalue weighted by Crippen LogP contribution is 2.21. The van der Waals surface area contributed by atoms with E-state index in [4.69, 9.17) is 5.11 Å². The maximum atomic E-state index is 12.0. The summed E-state index contributed by atoms with van der Waals surface area (Å²) in [5.74, 6) is -0.919. The molecule has 0 radical (unpaired) electrons. The molecule has 2 aromatic rings. The lowest BCUT2D eigenvalue weighted by molar-refractivity contribution is -0.136. The number of sulfonamides is 1. The fraction of sp³-hybridized carbons (Fsp3) is 0.188. The maximum Gasteiger partial charge on any atom is 0.307 e. The molecule has 0 heterocycles. The van der Waals surface area contributed by atoms with E-state index < -0.39 is 16.0 Å². The fourth-order valence-electron chi connectivity index (χ4n) is 2.10. The Morgan fingerprint density at radius 2 is 1.59 bits per heavy atom. The summed E-state index contributed by atoms with van der Waals surface area (Å²) >= 11 is 0. The molecule has 22 heavy (non-hydrogen) atoms. The summed E-state index contributed by atoms with van der Waals surface area (Å²) in [4.78, 5) is 10.7. The first-order valence-electron chi connectivity index (χ1n) is 6.68. The topological polar surface area (TPSA) is 74.7 Å². The molecule has 2 rings (SSSR count). The van der Waals surface area contributed by atoms with Crippen molar-refractivity contribution in [1.29, 1.82) is 0 Å². The van der Waals surface area contributed by atoms with Gasteiger partial charge in [0.15, 0.2) is 0 Å². The lowest BCUT2D eigenvalue weighted by atomic mass is 10.1. The van der Waals surface area contributed by atoms with Crippen LogP contribution in [0.3, 0.4) is 0 Å². The predicted molar refractivity (Wildman–Crippen MR) is 85.3 cm³/mol. The van der Waals surface area contributed by atoms with Crippen LogP contribution in [-0.4, -0.2) is 25.7 Å². The predicted octanol–water partition coefficient (Wildman–Crippen LogP) is 2.28. The summed E-state index contributed by atoms with van der Waals surface area (Å²) in [6.45, 7) is 0.234. The molecule has 116 valence electrons. The summed E-state index contributed by atoms with van der Waals surface area (Å²) in [7, 11) is -3.44. The van der Waals surface area contributed by atoms with Crippen LogP contribution >= 0.6 is 0 Å². The lowest BCUT2D eigenvalue weighted by Crippen LogP contribution is -2.29. The molecule has 0 fully saturated rings. The van der Waals surface area contributed by atoms with Gasteiger partial charge in [0.05, 0.1) is 24.9 Å². The summed E-state index contributed by atoms with van der Waals surface area (Å²) in [6, 6.07) is 15.8. The van der Waals surface area contributed by atoms with Gasteiger partial charge in [-0.25, -0.2) is 8.42 Å². The van der Waals surface area contributed by atoms with Crippen molar-refractivity contribution in [2.24, 2.45) is 0 Å². The Morgan fingerprint density at radius 3 is 2.09 bits per heavy atom. The third-order valence-electron chi connectivity index (χ3n) is 3.15. The van der Waals surface area contributed by atoms with Crippen molar-refractivity contribution in [1.82, 2.24) is 0 Å². The monoisotopic (exact) mass is 319 g/mol. The third-order valence-corrected chi connectivity index (χ3v) is 4.29. The van der Waals surface area contributed by atoms with E-state index in [2.05, 4.69) is 0 Å². The van der Waals surface area contributed by atoms with Gasteiger partial charge in [-0.15, -0.1) is 0 Å². The average Bonchev–Trinajstić information content (AvgIpc) is 2.45. The zero-order valence-electron chi connectivity index (χ0n) is 12.1. The highest BCUT2D eigenvalue weighted by atomic mass is 32.2. The van der Waals surface area contributed by atoms with Gasteiger partial charge < -0.3 is 5.11 Å². The van der Waals surface area contributed by atoms with Gasteiger partial charge in [-0.05, 0) is 23.3 Å². The molecule has 0 unspecified atom stereocenters. The van der Waals surface area contributed by atoms with Crippen molar-refractivity contribution in [2.45, 2.75) is 13.0 Å². The minimum atomic E-state index is -3.44. The Hall–Kier alpha value is -2.34. The van der Waals surface area contributed by atoms with E-state index >= 15 is 0 Å². The van der Waals surface area contributed by atoms with Crippen LogP contribution in [0.4, 0.5) is 5.69 Å². The van der Waals surface area contributed by atoms with E-state index in [1.807, 2.05) is 30.3 Å². The Balaban J connectivity index is 2.28. The van der Waals surface area contributed by atoms with Crippen molar-refractivity contribution >= 4 is 21.7 Å². The zero-order chi connectivity index (χ0) is 16.2. The van der Waals surface area contributed by atoms with E-state index in [1.165, 1.54) is 4.31 Å². The second-order valence-corrected chi connectivity index (χ2v) is 6.90. The minimum Gasteiger partial charge on any atom is -0.481 e. The molecule has 0 aromatic heterocycles. The van der Waals surface area contributed by atoms with Crippen LogP contribution in [0, 0.1) is 0 Å². The van der Waals surface area contributed by atoms with Gasteiger partial charge in [0.1, 0.15) is 0 Å². The largest absolute Gasteiger partial charge is 0.481 e. The quantitative estimate of drug-likeness (QED) is 0.886. The molecule has 0 aliphatic carbocycles. The molecular formula is C16H17NO4S. The van der Waals surface area contributed by atoms with Crippen LogP contribution in [0.15, 0.2) is 54.6 Å². The molecule has 6 heteroatoms. The number of carboxylic acids is 1. The second kappa shape index (κ2) is 6.62. The Kier molecular flexibility index (Phi) is 4.82. The number of carbonyl (C=O) groups is 1. The Bertz CT molecular complexity index is 739. The SMILES string of the molecule is CS(=O)(=O)N(Cc1ccccc1)c1ccc(CC(=O)O)cc1. The number of anilines is 1. The van der Waals surface area contributed by atoms with E-state index in [-0.39, 0.29) is 13.0 Å². The molecule has 5 nitrogen and oxygen atoms in total. The molecule has 0 aliphatic rings. The zero-order valence-corrected chi connectivity index (χ0v) is 13.0. The molecule has 0 spiro atoms. The highest BCUT2D eigenvalue weighted by molar-refractivity contribution is 7.92. The molecule has 0 bridgehead atoms. The number of rotatable bonds is 6. The number of nitrogens with zero attached hydrogens (tertiary/aromatic N) is 1. The van der Waals surface area contributed by atoms with Crippen molar-refractivity contribution < 1.29 is 18.3 Å². The number of hydrogen-bond acceptors (Lipinski definition) is 3. The summed E-state index contributed by atoms with van der Waals surface area (Å²) < 4.78 is 25.4. The summed E-state index contributed by atoms with van der Waals surface area (Å²) in [6.07, 6.45) is 1.07. The van der Waals surface area contributed by atoms with E-state index in [0.717, 1.165) is 11.8 Å². The average molecular weight is 319 g/mol. The summed E-state index contributed by atoms with van der Waals surface area (Å²) in [5, 5.41) is 8.76. The molecule has 0 saturated heterocycles. The van der Waals surface area contributed by atoms with Crippen molar-refractivity contribution in [3.05, 3.63) is 65.7 Å². The Morgan fingerprint density at radius 1 is 1.00 bits per heavy atom. The van der Waals surface area contributed by atoms with Gasteiger partial charge in [0.2, 0.25) is 10.0 Å². The standard InChI is InChI=1S/C16H17NO4S/c1-22(20,21)17(12-14-5-3-2-4-6-14)15-9-7-13(8-10-15)11-16(18)19/h2-10H,11-12H2,1H3,(H,18,19). The van der Waals surface area contributed by atoms with E-state index in [1.54, 1.807) is 24.3 Å². The molecule has 1 N–H and O–H groups in total. The molecule has 0 saturated carbocycles.